The van der Waals surface area contributed by atoms with Gasteiger partial charge in [0.25, 0.3) is 0 Å². The highest BCUT2D eigenvalue weighted by Crippen LogP contribution is 2.30. The second-order valence-electron chi connectivity index (χ2n) is 10.3. The second-order valence-corrected chi connectivity index (χ2v) is 10.3. The van der Waals surface area contributed by atoms with Crippen LogP contribution in [-0.4, -0.2) is 85.2 Å². The number of hydrogen-bond donors (Lipinski definition) is 2. The Morgan fingerprint density at radius 2 is 1.89 bits per heavy atom. The number of nitrogens with zero attached hydrogens (tertiary/aromatic N) is 5. The molecule has 7 nitrogen and oxygen atoms in total. The van der Waals surface area contributed by atoms with Gasteiger partial charge in [-0.05, 0) is 75.5 Å². The number of piperidine rings is 1. The second kappa shape index (κ2) is 11.1. The lowest BCUT2D eigenvalue weighted by Gasteiger charge is -2.43. The first-order valence-electron chi connectivity index (χ1n) is 13.4. The molecule has 2 N–H and O–H groups in total. The molecule has 2 aromatic rings. The number of piperazine rings is 1. The first-order valence-corrected chi connectivity index (χ1v) is 13.4. The molecule has 0 radical (unpaired) electrons. The van der Waals surface area contributed by atoms with Gasteiger partial charge in [-0.2, -0.15) is 0 Å². The molecule has 3 aliphatic heterocycles. The largest absolute Gasteiger partial charge is 0.371 e. The molecule has 0 bridgehead atoms. The molecule has 1 aromatic carbocycles. The molecule has 0 aliphatic carbocycles. The van der Waals surface area contributed by atoms with Crippen molar-refractivity contribution in [2.75, 3.05) is 69.6 Å². The number of aromatic nitrogens is 2. The monoisotopic (exact) mass is 475 g/mol. The van der Waals surface area contributed by atoms with Crippen LogP contribution >= 0.6 is 0 Å². The molecule has 2 saturated heterocycles. The number of aryl methyl sites for hydroxylation is 2. The smallest absolute Gasteiger partial charge is 0.149 e. The molecule has 5 rings (SSSR count). The lowest BCUT2D eigenvalue weighted by molar-refractivity contribution is 0.0982. The van der Waals surface area contributed by atoms with Crippen molar-refractivity contribution in [2.45, 2.75) is 45.6 Å². The summed E-state index contributed by atoms with van der Waals surface area (Å²) in [6.07, 6.45) is 8.54. The minimum Gasteiger partial charge on any atom is -0.371 e. The van der Waals surface area contributed by atoms with E-state index in [1.165, 1.54) is 55.8 Å². The minimum atomic E-state index is 0.745. The number of anilines is 3. The topological polar surface area (TPSA) is 59.6 Å². The number of nitrogens with one attached hydrogen (secondary N) is 2. The standard InChI is InChI=1S/C28H41N7/c1-4-25-28(22-7-11-29-12-8-22)32-27(20-30-25)31-23-5-6-26(21(2)19-23)35-13-9-24(10-14-35)34-17-15-33(3)16-18-34/h5-7,19-20,24,29H,4,8-18H2,1-3H3,(H,31,32). The normalized spacial score (nSPS) is 20.7. The van der Waals surface area contributed by atoms with Gasteiger partial charge < -0.3 is 20.4 Å². The van der Waals surface area contributed by atoms with E-state index in [1.54, 1.807) is 0 Å². The predicted octanol–water partition coefficient (Wildman–Crippen LogP) is 3.68. The van der Waals surface area contributed by atoms with Crippen LogP contribution in [0.4, 0.5) is 17.2 Å². The van der Waals surface area contributed by atoms with Crippen LogP contribution in [0.15, 0.2) is 30.5 Å². The van der Waals surface area contributed by atoms with E-state index < -0.39 is 0 Å². The summed E-state index contributed by atoms with van der Waals surface area (Å²) in [5.74, 6) is 0.816. The third-order valence-corrected chi connectivity index (χ3v) is 7.88. The summed E-state index contributed by atoms with van der Waals surface area (Å²) in [5, 5.41) is 6.90. The van der Waals surface area contributed by atoms with E-state index in [4.69, 9.17) is 9.97 Å². The van der Waals surface area contributed by atoms with Gasteiger partial charge in [-0.3, -0.25) is 9.88 Å². The lowest BCUT2D eigenvalue weighted by atomic mass is 10.0. The van der Waals surface area contributed by atoms with Gasteiger partial charge >= 0.3 is 0 Å². The molecule has 2 fully saturated rings. The zero-order valence-electron chi connectivity index (χ0n) is 21.7. The van der Waals surface area contributed by atoms with Crippen LogP contribution in [0.1, 0.15) is 43.1 Å². The fourth-order valence-electron chi connectivity index (χ4n) is 5.72. The summed E-state index contributed by atoms with van der Waals surface area (Å²) in [4.78, 5) is 17.4. The maximum atomic E-state index is 4.97. The molecular weight excluding hydrogens is 434 g/mol. The highest BCUT2D eigenvalue weighted by atomic mass is 15.3. The average molecular weight is 476 g/mol. The van der Waals surface area contributed by atoms with Crippen LogP contribution in [0.2, 0.25) is 0 Å². The van der Waals surface area contributed by atoms with E-state index in [-0.39, 0.29) is 0 Å². The minimum absolute atomic E-state index is 0.745. The molecule has 3 aliphatic rings. The predicted molar refractivity (Wildman–Crippen MR) is 146 cm³/mol. The van der Waals surface area contributed by atoms with Crippen molar-refractivity contribution in [1.29, 1.82) is 0 Å². The number of hydrogen-bond acceptors (Lipinski definition) is 7. The van der Waals surface area contributed by atoms with E-state index in [1.807, 2.05) is 6.20 Å². The highest BCUT2D eigenvalue weighted by Gasteiger charge is 2.27. The van der Waals surface area contributed by atoms with Crippen molar-refractivity contribution >= 4 is 22.8 Å². The van der Waals surface area contributed by atoms with Crippen LogP contribution in [0.3, 0.4) is 0 Å². The Morgan fingerprint density at radius 1 is 1.09 bits per heavy atom. The van der Waals surface area contributed by atoms with Gasteiger partial charge in [-0.25, -0.2) is 4.98 Å². The van der Waals surface area contributed by atoms with Crippen molar-refractivity contribution in [3.63, 3.8) is 0 Å². The van der Waals surface area contributed by atoms with E-state index in [0.717, 1.165) is 68.0 Å². The van der Waals surface area contributed by atoms with E-state index in [0.29, 0.717) is 0 Å². The fraction of sp³-hybridized carbons (Fsp3) is 0.571. The van der Waals surface area contributed by atoms with Crippen LogP contribution in [0.5, 0.6) is 0 Å². The van der Waals surface area contributed by atoms with Gasteiger partial charge in [0.15, 0.2) is 0 Å². The number of benzene rings is 1. The van der Waals surface area contributed by atoms with Gasteiger partial charge in [-0.15, -0.1) is 0 Å². The molecule has 1 aromatic heterocycles. The number of likely N-dealkylation sites (N-methyl/N-ethyl adjacent to an activating group) is 1. The Morgan fingerprint density at radius 3 is 2.57 bits per heavy atom. The van der Waals surface area contributed by atoms with E-state index in [9.17, 15) is 0 Å². The molecule has 7 heteroatoms. The summed E-state index contributed by atoms with van der Waals surface area (Å²) in [6.45, 7) is 13.4. The van der Waals surface area contributed by atoms with Crippen molar-refractivity contribution in [1.82, 2.24) is 25.1 Å². The van der Waals surface area contributed by atoms with Crippen LogP contribution in [-0.2, 0) is 6.42 Å². The van der Waals surface area contributed by atoms with Crippen molar-refractivity contribution < 1.29 is 0 Å². The van der Waals surface area contributed by atoms with Gasteiger partial charge in [0, 0.05) is 63.2 Å². The average Bonchev–Trinajstić information content (AvgIpc) is 2.90. The van der Waals surface area contributed by atoms with Gasteiger partial charge in [0.2, 0.25) is 0 Å². The summed E-state index contributed by atoms with van der Waals surface area (Å²) in [7, 11) is 2.24. The number of rotatable bonds is 6. The molecule has 0 saturated carbocycles. The third kappa shape index (κ3) is 5.68. The fourth-order valence-corrected chi connectivity index (χ4v) is 5.72. The Kier molecular flexibility index (Phi) is 7.66. The molecular formula is C28H41N7. The molecule has 0 amide bonds. The van der Waals surface area contributed by atoms with Crippen molar-refractivity contribution in [3.8, 4) is 0 Å². The van der Waals surface area contributed by atoms with Crippen LogP contribution in [0.25, 0.3) is 5.57 Å². The molecule has 188 valence electrons. The van der Waals surface area contributed by atoms with Crippen molar-refractivity contribution in [3.05, 3.63) is 47.4 Å². The SMILES string of the molecule is CCc1ncc(Nc2ccc(N3CCC(N4CCN(C)CC4)CC3)c(C)c2)nc1C1=CCNCC1. The summed E-state index contributed by atoms with van der Waals surface area (Å²) >= 11 is 0. The zero-order valence-corrected chi connectivity index (χ0v) is 21.7. The third-order valence-electron chi connectivity index (χ3n) is 7.88. The molecule has 35 heavy (non-hydrogen) atoms. The Hall–Kier alpha value is -2.48. The maximum absolute atomic E-state index is 4.97. The van der Waals surface area contributed by atoms with E-state index in [2.05, 4.69) is 70.5 Å². The summed E-state index contributed by atoms with van der Waals surface area (Å²) in [5.41, 5.74) is 7.18. The Labute approximate surface area is 210 Å². The Bertz CT molecular complexity index is 1030. The summed E-state index contributed by atoms with van der Waals surface area (Å²) in [6, 6.07) is 7.46. The summed E-state index contributed by atoms with van der Waals surface area (Å²) < 4.78 is 0. The molecule has 4 heterocycles. The van der Waals surface area contributed by atoms with Gasteiger partial charge in [-0.1, -0.05) is 13.0 Å². The molecule has 0 atom stereocenters. The Balaban J connectivity index is 1.23. The highest BCUT2D eigenvalue weighted by molar-refractivity contribution is 5.69. The van der Waals surface area contributed by atoms with Gasteiger partial charge in [0.05, 0.1) is 17.6 Å². The zero-order chi connectivity index (χ0) is 24.2. The lowest BCUT2D eigenvalue weighted by Crippen LogP contribution is -2.52. The maximum Gasteiger partial charge on any atom is 0.149 e. The van der Waals surface area contributed by atoms with Gasteiger partial charge in [0.1, 0.15) is 5.82 Å². The van der Waals surface area contributed by atoms with Crippen LogP contribution in [0, 0.1) is 6.92 Å². The molecule has 0 spiro atoms. The first kappa shape index (κ1) is 24.2. The van der Waals surface area contributed by atoms with E-state index >= 15 is 0 Å². The first-order chi connectivity index (χ1) is 17.1. The molecule has 0 unspecified atom stereocenters. The van der Waals surface area contributed by atoms with Crippen LogP contribution < -0.4 is 15.5 Å². The quantitative estimate of drug-likeness (QED) is 0.661. The van der Waals surface area contributed by atoms with Crippen molar-refractivity contribution in [2.24, 2.45) is 0 Å².